The summed E-state index contributed by atoms with van der Waals surface area (Å²) in [4.78, 5) is 28.9. The molecule has 0 aromatic carbocycles. The summed E-state index contributed by atoms with van der Waals surface area (Å²) >= 11 is 0. The van der Waals surface area contributed by atoms with Gasteiger partial charge in [-0.15, -0.1) is 0 Å². The first kappa shape index (κ1) is 12.5. The molecule has 0 spiro atoms. The van der Waals surface area contributed by atoms with Crippen LogP contribution in [-0.2, 0) is 9.53 Å². The molecule has 18 heavy (non-hydrogen) atoms. The molecule has 1 amide bonds. The minimum absolute atomic E-state index is 0.0732. The van der Waals surface area contributed by atoms with Gasteiger partial charge in [-0.3, -0.25) is 9.59 Å². The third kappa shape index (κ3) is 2.49. The fourth-order valence-electron chi connectivity index (χ4n) is 2.01. The largest absolute Gasteiger partial charge is 0.469 e. The van der Waals surface area contributed by atoms with Gasteiger partial charge in [0.15, 0.2) is 0 Å². The molecule has 0 radical (unpaired) electrons. The maximum Gasteiger partial charge on any atom is 0.308 e. The van der Waals surface area contributed by atoms with Crippen molar-refractivity contribution < 1.29 is 18.8 Å². The first-order valence-electron chi connectivity index (χ1n) is 5.79. The summed E-state index contributed by atoms with van der Waals surface area (Å²) in [7, 11) is 1.38. The minimum Gasteiger partial charge on any atom is -0.469 e. The lowest BCUT2D eigenvalue weighted by atomic mass is 9.97. The van der Waals surface area contributed by atoms with Crippen molar-refractivity contribution in [2.75, 3.05) is 20.2 Å². The molecule has 1 fully saturated rings. The molecule has 1 aliphatic heterocycles. The van der Waals surface area contributed by atoms with Crippen LogP contribution in [-0.4, -0.2) is 47.1 Å². The summed E-state index contributed by atoms with van der Waals surface area (Å²) in [6.07, 6.45) is 1.21. The Morgan fingerprint density at radius 2 is 2.06 bits per heavy atom. The fourth-order valence-corrected chi connectivity index (χ4v) is 2.01. The van der Waals surface area contributed by atoms with E-state index in [2.05, 4.69) is 10.1 Å². The lowest BCUT2D eigenvalue weighted by Gasteiger charge is -2.29. The zero-order valence-electron chi connectivity index (χ0n) is 10.4. The van der Waals surface area contributed by atoms with Gasteiger partial charge in [-0.1, -0.05) is 5.16 Å². The molecule has 7 heteroatoms. The second kappa shape index (κ2) is 5.16. The molecule has 0 unspecified atom stereocenters. The van der Waals surface area contributed by atoms with E-state index in [-0.39, 0.29) is 23.6 Å². The van der Waals surface area contributed by atoms with Crippen molar-refractivity contribution in [3.63, 3.8) is 0 Å². The van der Waals surface area contributed by atoms with Gasteiger partial charge in [0.1, 0.15) is 0 Å². The van der Waals surface area contributed by atoms with Crippen molar-refractivity contribution in [2.24, 2.45) is 5.92 Å². The fraction of sp³-hybridized carbons (Fsp3) is 0.636. The highest BCUT2D eigenvalue weighted by molar-refractivity contribution is 5.90. The van der Waals surface area contributed by atoms with E-state index < -0.39 is 0 Å². The quantitative estimate of drug-likeness (QED) is 0.709. The van der Waals surface area contributed by atoms with E-state index in [1.165, 1.54) is 7.11 Å². The van der Waals surface area contributed by atoms with Gasteiger partial charge < -0.3 is 14.2 Å². The van der Waals surface area contributed by atoms with E-state index >= 15 is 0 Å². The average molecular weight is 253 g/mol. The van der Waals surface area contributed by atoms with Crippen LogP contribution >= 0.6 is 0 Å². The standard InChI is InChI=1S/C11H15N3O4/c1-7-12-9(13-18-7)10(15)14-5-3-8(4-6-14)11(16)17-2/h8H,3-6H2,1-2H3. The number of hydrogen-bond donors (Lipinski definition) is 0. The Labute approximate surface area is 104 Å². The van der Waals surface area contributed by atoms with Crippen LogP contribution in [0.2, 0.25) is 0 Å². The summed E-state index contributed by atoms with van der Waals surface area (Å²) in [6, 6.07) is 0. The molecule has 0 aliphatic carbocycles. The summed E-state index contributed by atoms with van der Waals surface area (Å²) in [5.74, 6) is -0.148. The number of ether oxygens (including phenoxy) is 1. The number of aryl methyl sites for hydroxylation is 1. The highest BCUT2D eigenvalue weighted by Crippen LogP contribution is 2.19. The molecule has 98 valence electrons. The number of rotatable bonds is 2. The van der Waals surface area contributed by atoms with Gasteiger partial charge in [0.05, 0.1) is 13.0 Å². The second-order valence-corrected chi connectivity index (χ2v) is 4.23. The number of aromatic nitrogens is 2. The number of methoxy groups -OCH3 is 1. The monoisotopic (exact) mass is 253 g/mol. The van der Waals surface area contributed by atoms with Gasteiger partial charge in [-0.2, -0.15) is 4.98 Å². The van der Waals surface area contributed by atoms with E-state index in [9.17, 15) is 9.59 Å². The molecule has 0 atom stereocenters. The maximum atomic E-state index is 12.0. The third-order valence-corrected chi connectivity index (χ3v) is 3.04. The van der Waals surface area contributed by atoms with Crippen LogP contribution < -0.4 is 0 Å². The highest BCUT2D eigenvalue weighted by atomic mass is 16.5. The molecule has 1 aromatic rings. The zero-order chi connectivity index (χ0) is 13.1. The SMILES string of the molecule is COC(=O)C1CCN(C(=O)c2noc(C)n2)CC1. The summed E-state index contributed by atoms with van der Waals surface area (Å²) in [5, 5.41) is 3.59. The molecular formula is C11H15N3O4. The van der Waals surface area contributed by atoms with Crippen LogP contribution in [0.5, 0.6) is 0 Å². The van der Waals surface area contributed by atoms with Gasteiger partial charge in [-0.25, -0.2) is 0 Å². The van der Waals surface area contributed by atoms with E-state index in [0.29, 0.717) is 31.8 Å². The number of amides is 1. The van der Waals surface area contributed by atoms with Crippen LogP contribution in [0.1, 0.15) is 29.4 Å². The number of esters is 1. The lowest BCUT2D eigenvalue weighted by Crippen LogP contribution is -2.40. The van der Waals surface area contributed by atoms with Crippen LogP contribution in [0.25, 0.3) is 0 Å². The topological polar surface area (TPSA) is 85.5 Å². The molecule has 2 rings (SSSR count). The summed E-state index contributed by atoms with van der Waals surface area (Å²) in [6.45, 7) is 2.64. The number of hydrogen-bond acceptors (Lipinski definition) is 6. The highest BCUT2D eigenvalue weighted by Gasteiger charge is 2.29. The second-order valence-electron chi connectivity index (χ2n) is 4.23. The molecule has 7 nitrogen and oxygen atoms in total. The Morgan fingerprint density at radius 3 is 2.56 bits per heavy atom. The van der Waals surface area contributed by atoms with Crippen molar-refractivity contribution >= 4 is 11.9 Å². The summed E-state index contributed by atoms with van der Waals surface area (Å²) < 4.78 is 9.46. The maximum absolute atomic E-state index is 12.0. The van der Waals surface area contributed by atoms with Crippen LogP contribution in [0, 0.1) is 12.8 Å². The average Bonchev–Trinajstić information content (AvgIpc) is 2.84. The lowest BCUT2D eigenvalue weighted by molar-refractivity contribution is -0.146. The van der Waals surface area contributed by atoms with Crippen molar-refractivity contribution in [3.8, 4) is 0 Å². The minimum atomic E-state index is -0.254. The first-order valence-corrected chi connectivity index (χ1v) is 5.79. The van der Waals surface area contributed by atoms with Crippen molar-refractivity contribution in [2.45, 2.75) is 19.8 Å². The van der Waals surface area contributed by atoms with Crippen LogP contribution in [0.3, 0.4) is 0 Å². The Balaban J connectivity index is 1.94. The van der Waals surface area contributed by atoms with Gasteiger partial charge in [0.2, 0.25) is 5.89 Å². The smallest absolute Gasteiger partial charge is 0.308 e. The van der Waals surface area contributed by atoms with Gasteiger partial charge in [0, 0.05) is 20.0 Å². The van der Waals surface area contributed by atoms with Gasteiger partial charge in [-0.05, 0) is 12.8 Å². The number of likely N-dealkylation sites (tertiary alicyclic amines) is 1. The van der Waals surface area contributed by atoms with Crippen molar-refractivity contribution in [3.05, 3.63) is 11.7 Å². The van der Waals surface area contributed by atoms with Gasteiger partial charge in [0.25, 0.3) is 11.7 Å². The number of piperidine rings is 1. The Bertz CT molecular complexity index is 449. The Hall–Kier alpha value is -1.92. The van der Waals surface area contributed by atoms with Crippen LogP contribution in [0.15, 0.2) is 4.52 Å². The molecular weight excluding hydrogens is 238 g/mol. The Kier molecular flexibility index (Phi) is 3.59. The number of nitrogens with zero attached hydrogens (tertiary/aromatic N) is 3. The first-order chi connectivity index (χ1) is 8.61. The van der Waals surface area contributed by atoms with Crippen molar-refractivity contribution in [1.29, 1.82) is 0 Å². The predicted molar refractivity (Wildman–Crippen MR) is 59.7 cm³/mol. The molecule has 1 aliphatic rings. The van der Waals surface area contributed by atoms with E-state index in [0.717, 1.165) is 0 Å². The Morgan fingerprint density at radius 1 is 1.39 bits per heavy atom. The third-order valence-electron chi connectivity index (χ3n) is 3.04. The van der Waals surface area contributed by atoms with Crippen LogP contribution in [0.4, 0.5) is 0 Å². The molecule has 1 saturated heterocycles. The van der Waals surface area contributed by atoms with Crippen molar-refractivity contribution in [1.82, 2.24) is 15.0 Å². The number of carbonyl (C=O) groups is 2. The van der Waals surface area contributed by atoms with E-state index in [1.807, 2.05) is 0 Å². The molecule has 0 saturated carbocycles. The summed E-state index contributed by atoms with van der Waals surface area (Å²) in [5.41, 5.74) is 0. The van der Waals surface area contributed by atoms with E-state index in [1.54, 1.807) is 11.8 Å². The number of carbonyl (C=O) groups excluding carboxylic acids is 2. The zero-order valence-corrected chi connectivity index (χ0v) is 10.4. The molecule has 0 N–H and O–H groups in total. The molecule has 0 bridgehead atoms. The predicted octanol–water partition coefficient (Wildman–Crippen LogP) is 0.403. The molecule has 2 heterocycles. The normalized spacial score (nSPS) is 16.7. The van der Waals surface area contributed by atoms with E-state index in [4.69, 9.17) is 9.26 Å². The molecule has 1 aromatic heterocycles. The van der Waals surface area contributed by atoms with Gasteiger partial charge >= 0.3 is 5.97 Å².